The summed E-state index contributed by atoms with van der Waals surface area (Å²) in [5, 5.41) is 0. The second-order valence-electron chi connectivity index (χ2n) is 9.89. The van der Waals surface area contributed by atoms with E-state index in [0.29, 0.717) is 6.10 Å². The van der Waals surface area contributed by atoms with Gasteiger partial charge in [-0.1, -0.05) is 104 Å². The number of ether oxygens (including phenoxy) is 1. The van der Waals surface area contributed by atoms with Crippen molar-refractivity contribution in [1.29, 1.82) is 0 Å². The van der Waals surface area contributed by atoms with Gasteiger partial charge in [0.15, 0.2) is 0 Å². The normalized spacial score (nSPS) is 29.1. The zero-order chi connectivity index (χ0) is 19.2. The molecule has 0 aromatic carbocycles. The van der Waals surface area contributed by atoms with Gasteiger partial charge in [-0.3, -0.25) is 0 Å². The van der Waals surface area contributed by atoms with Gasteiger partial charge in [-0.05, 0) is 49.9 Å². The van der Waals surface area contributed by atoms with Gasteiger partial charge < -0.3 is 4.74 Å². The molecule has 2 saturated carbocycles. The molecular weight excluding hydrogens is 328 g/mol. The molecule has 0 amide bonds. The monoisotopic (exact) mass is 378 g/mol. The van der Waals surface area contributed by atoms with Crippen molar-refractivity contribution in [3.8, 4) is 0 Å². The zero-order valence-corrected chi connectivity index (χ0v) is 18.9. The summed E-state index contributed by atoms with van der Waals surface area (Å²) in [6.07, 6.45) is 27.9. The van der Waals surface area contributed by atoms with Crippen molar-refractivity contribution in [3.63, 3.8) is 0 Å². The Hall–Kier alpha value is -0.0400. The first-order valence-electron chi connectivity index (χ1n) is 12.9. The smallest absolute Gasteiger partial charge is 0.0575 e. The van der Waals surface area contributed by atoms with Crippen LogP contribution in [0.1, 0.15) is 136 Å². The van der Waals surface area contributed by atoms with Gasteiger partial charge in [-0.25, -0.2) is 0 Å². The summed E-state index contributed by atoms with van der Waals surface area (Å²) in [6, 6.07) is 0. The minimum atomic E-state index is 0.589. The lowest BCUT2D eigenvalue weighted by Gasteiger charge is -2.32. The van der Waals surface area contributed by atoms with Crippen molar-refractivity contribution in [2.24, 2.45) is 17.8 Å². The van der Waals surface area contributed by atoms with Crippen LogP contribution in [-0.4, -0.2) is 12.7 Å². The molecule has 0 bridgehead atoms. The quantitative estimate of drug-likeness (QED) is 0.275. The molecule has 0 atom stereocenters. The summed E-state index contributed by atoms with van der Waals surface area (Å²) < 4.78 is 6.13. The average molecular weight is 379 g/mol. The Bertz CT molecular complexity index is 323. The van der Waals surface area contributed by atoms with E-state index in [1.807, 2.05) is 0 Å². The fourth-order valence-electron chi connectivity index (χ4n) is 5.51. The maximum atomic E-state index is 6.13. The molecular formula is C26H50O. The summed E-state index contributed by atoms with van der Waals surface area (Å²) >= 11 is 0. The third-order valence-electron chi connectivity index (χ3n) is 7.56. The molecule has 2 aliphatic rings. The SMILES string of the molecule is CCCCCCOC1CCC(CCC2CCC(CCCCCC)CC2)CC1. The van der Waals surface area contributed by atoms with Crippen molar-refractivity contribution in [1.82, 2.24) is 0 Å². The molecule has 0 saturated heterocycles. The lowest BCUT2D eigenvalue weighted by molar-refractivity contribution is 0.0145. The second-order valence-corrected chi connectivity index (χ2v) is 9.89. The van der Waals surface area contributed by atoms with Crippen molar-refractivity contribution in [2.45, 2.75) is 142 Å². The van der Waals surface area contributed by atoms with Crippen LogP contribution in [-0.2, 0) is 4.74 Å². The highest BCUT2D eigenvalue weighted by Gasteiger charge is 2.24. The molecule has 0 N–H and O–H groups in total. The van der Waals surface area contributed by atoms with E-state index in [4.69, 9.17) is 4.74 Å². The van der Waals surface area contributed by atoms with Gasteiger partial charge in [0.25, 0.3) is 0 Å². The Morgan fingerprint density at radius 3 is 1.56 bits per heavy atom. The molecule has 0 aromatic rings. The largest absolute Gasteiger partial charge is 0.378 e. The molecule has 0 aliphatic heterocycles. The van der Waals surface area contributed by atoms with Crippen LogP contribution < -0.4 is 0 Å². The van der Waals surface area contributed by atoms with Gasteiger partial charge >= 0.3 is 0 Å². The van der Waals surface area contributed by atoms with E-state index in [1.54, 1.807) is 0 Å². The highest BCUT2D eigenvalue weighted by atomic mass is 16.5. The van der Waals surface area contributed by atoms with Gasteiger partial charge in [-0.15, -0.1) is 0 Å². The molecule has 27 heavy (non-hydrogen) atoms. The standard InChI is InChI=1S/C26H50O/c1-3-5-7-9-11-23-12-14-24(15-13-23)16-17-25-18-20-26(21-19-25)27-22-10-8-6-4-2/h23-26H,3-22H2,1-2H3. The van der Waals surface area contributed by atoms with Crippen molar-refractivity contribution < 1.29 is 4.74 Å². The van der Waals surface area contributed by atoms with Crippen molar-refractivity contribution >= 4 is 0 Å². The molecule has 0 spiro atoms. The van der Waals surface area contributed by atoms with Crippen molar-refractivity contribution in [3.05, 3.63) is 0 Å². The van der Waals surface area contributed by atoms with E-state index in [9.17, 15) is 0 Å². The molecule has 1 heteroatoms. The number of rotatable bonds is 14. The van der Waals surface area contributed by atoms with Gasteiger partial charge in [0.2, 0.25) is 0 Å². The van der Waals surface area contributed by atoms with E-state index in [2.05, 4.69) is 13.8 Å². The van der Waals surface area contributed by atoms with Crippen LogP contribution in [0, 0.1) is 17.8 Å². The molecule has 2 aliphatic carbocycles. The van der Waals surface area contributed by atoms with Gasteiger partial charge in [-0.2, -0.15) is 0 Å². The Morgan fingerprint density at radius 2 is 1.00 bits per heavy atom. The summed E-state index contributed by atoms with van der Waals surface area (Å²) in [7, 11) is 0. The maximum Gasteiger partial charge on any atom is 0.0575 e. The Kier molecular flexibility index (Phi) is 12.8. The zero-order valence-electron chi connectivity index (χ0n) is 18.9. The predicted molar refractivity (Wildman–Crippen MR) is 119 cm³/mol. The third kappa shape index (κ3) is 10.3. The Labute approximate surface area is 171 Å². The number of hydrogen-bond donors (Lipinski definition) is 0. The molecule has 2 fully saturated rings. The Morgan fingerprint density at radius 1 is 0.519 bits per heavy atom. The summed E-state index contributed by atoms with van der Waals surface area (Å²) in [4.78, 5) is 0. The van der Waals surface area contributed by atoms with Gasteiger partial charge in [0, 0.05) is 6.61 Å². The first-order chi connectivity index (χ1) is 13.3. The Balaban J connectivity index is 1.45. The van der Waals surface area contributed by atoms with Gasteiger partial charge in [0.05, 0.1) is 6.10 Å². The van der Waals surface area contributed by atoms with E-state index in [1.165, 1.54) is 122 Å². The van der Waals surface area contributed by atoms with E-state index < -0.39 is 0 Å². The van der Waals surface area contributed by atoms with Crippen LogP contribution in [0.3, 0.4) is 0 Å². The van der Waals surface area contributed by atoms with Crippen LogP contribution in [0.15, 0.2) is 0 Å². The summed E-state index contributed by atoms with van der Waals surface area (Å²) in [5.74, 6) is 3.14. The first kappa shape index (κ1) is 23.2. The fourth-order valence-corrected chi connectivity index (χ4v) is 5.51. The third-order valence-corrected chi connectivity index (χ3v) is 7.56. The molecule has 1 nitrogen and oxygen atoms in total. The van der Waals surface area contributed by atoms with Crippen LogP contribution in [0.2, 0.25) is 0 Å². The van der Waals surface area contributed by atoms with Crippen molar-refractivity contribution in [2.75, 3.05) is 6.61 Å². The molecule has 0 aromatic heterocycles. The minimum Gasteiger partial charge on any atom is -0.378 e. The van der Waals surface area contributed by atoms with Crippen LogP contribution in [0.25, 0.3) is 0 Å². The first-order valence-corrected chi connectivity index (χ1v) is 12.9. The predicted octanol–water partition coefficient (Wildman–Crippen LogP) is 8.70. The number of unbranched alkanes of at least 4 members (excludes halogenated alkanes) is 6. The molecule has 0 heterocycles. The molecule has 0 unspecified atom stereocenters. The van der Waals surface area contributed by atoms with E-state index in [-0.39, 0.29) is 0 Å². The van der Waals surface area contributed by atoms with Crippen LogP contribution >= 0.6 is 0 Å². The van der Waals surface area contributed by atoms with E-state index >= 15 is 0 Å². The topological polar surface area (TPSA) is 9.23 Å². The van der Waals surface area contributed by atoms with Gasteiger partial charge in [0.1, 0.15) is 0 Å². The minimum absolute atomic E-state index is 0.589. The molecule has 2 rings (SSSR count). The van der Waals surface area contributed by atoms with Crippen LogP contribution in [0.4, 0.5) is 0 Å². The lowest BCUT2D eigenvalue weighted by Crippen LogP contribution is -2.23. The van der Waals surface area contributed by atoms with E-state index in [0.717, 1.165) is 24.4 Å². The fraction of sp³-hybridized carbons (Fsp3) is 1.00. The summed E-state index contributed by atoms with van der Waals surface area (Å²) in [6.45, 7) is 5.61. The molecule has 0 radical (unpaired) electrons. The second kappa shape index (κ2) is 14.9. The average Bonchev–Trinajstić information content (AvgIpc) is 2.71. The summed E-state index contributed by atoms with van der Waals surface area (Å²) in [5.41, 5.74) is 0. The number of hydrogen-bond acceptors (Lipinski definition) is 1. The molecule has 160 valence electrons. The highest BCUT2D eigenvalue weighted by molar-refractivity contribution is 4.77. The van der Waals surface area contributed by atoms with Crippen LogP contribution in [0.5, 0.6) is 0 Å². The maximum absolute atomic E-state index is 6.13. The highest BCUT2D eigenvalue weighted by Crippen LogP contribution is 2.37. The lowest BCUT2D eigenvalue weighted by atomic mass is 9.76.